The second-order valence-corrected chi connectivity index (χ2v) is 13.8. The van der Waals surface area contributed by atoms with Crippen LogP contribution in [0, 0.1) is 35.0 Å². The van der Waals surface area contributed by atoms with Crippen molar-refractivity contribution < 1.29 is 5.11 Å². The molecule has 2 aliphatic rings. The van der Waals surface area contributed by atoms with Crippen molar-refractivity contribution >= 4 is 0 Å². The van der Waals surface area contributed by atoms with Gasteiger partial charge in [0.05, 0.1) is 0 Å². The normalized spacial score (nSPS) is 29.2. The van der Waals surface area contributed by atoms with E-state index in [1.165, 1.54) is 96.9 Å². The molecule has 0 aromatic carbocycles. The molecule has 0 spiro atoms. The van der Waals surface area contributed by atoms with Crippen molar-refractivity contribution in [3.8, 4) is 0 Å². The summed E-state index contributed by atoms with van der Waals surface area (Å²) in [4.78, 5) is 7.74. The molecule has 4 heteroatoms. The van der Waals surface area contributed by atoms with Gasteiger partial charge in [-0.3, -0.25) is 0 Å². The number of hydrogen-bond donors (Lipinski definition) is 1. The number of unbranched alkanes of at least 4 members (excludes halogenated alkanes) is 4. The number of aliphatic hydroxyl groups excluding tert-OH is 1. The van der Waals surface area contributed by atoms with Crippen LogP contribution in [-0.2, 0) is 0 Å². The zero-order chi connectivity index (χ0) is 28.0. The fourth-order valence-corrected chi connectivity index (χ4v) is 7.64. The van der Waals surface area contributed by atoms with E-state index in [1.807, 2.05) is 0 Å². The summed E-state index contributed by atoms with van der Waals surface area (Å²) < 4.78 is 0. The van der Waals surface area contributed by atoms with Gasteiger partial charge >= 0.3 is 0 Å². The maximum absolute atomic E-state index is 9.23. The summed E-state index contributed by atoms with van der Waals surface area (Å²) in [6.07, 6.45) is 22.3. The van der Waals surface area contributed by atoms with Gasteiger partial charge in [-0.05, 0) is 121 Å². The van der Waals surface area contributed by atoms with E-state index in [2.05, 4.69) is 81.5 Å². The van der Waals surface area contributed by atoms with E-state index in [9.17, 15) is 5.11 Å². The lowest BCUT2D eigenvalue weighted by molar-refractivity contribution is 0.0580. The molecule has 222 valence electrons. The van der Waals surface area contributed by atoms with Gasteiger partial charge in [0.1, 0.15) is 0 Å². The van der Waals surface area contributed by atoms with Crippen LogP contribution in [0.1, 0.15) is 90.9 Å². The van der Waals surface area contributed by atoms with E-state index in [-0.39, 0.29) is 0 Å². The molecule has 1 N–H and O–H groups in total. The predicted octanol–water partition coefficient (Wildman–Crippen LogP) is 6.96. The number of hydrogen-bond acceptors (Lipinski definition) is 4. The Morgan fingerprint density at radius 1 is 0.947 bits per heavy atom. The monoisotopic (exact) mass is 532 g/mol. The number of aliphatic hydroxyl groups is 1. The fourth-order valence-electron chi connectivity index (χ4n) is 7.64. The molecule has 0 aromatic rings. The Hall–Kier alpha value is -0.680. The van der Waals surface area contributed by atoms with Crippen LogP contribution in [0.2, 0.25) is 0 Å². The third-order valence-electron chi connectivity index (χ3n) is 9.74. The van der Waals surface area contributed by atoms with E-state index < -0.39 is 0 Å². The average Bonchev–Trinajstić information content (AvgIpc) is 3.21. The second-order valence-electron chi connectivity index (χ2n) is 13.8. The third kappa shape index (κ3) is 11.4. The molecule has 0 aliphatic heterocycles. The molecule has 4 nitrogen and oxygen atoms in total. The molecule has 0 bridgehead atoms. The number of allylic oxidation sites excluding steroid dienone is 3. The van der Waals surface area contributed by atoms with Crippen LogP contribution in [0.25, 0.3) is 0 Å². The van der Waals surface area contributed by atoms with Crippen molar-refractivity contribution in [1.29, 1.82) is 0 Å². The van der Waals surface area contributed by atoms with Crippen LogP contribution in [0.5, 0.6) is 0 Å². The molecule has 2 rings (SSSR count). The highest BCUT2D eigenvalue weighted by Gasteiger charge is 2.41. The van der Waals surface area contributed by atoms with Gasteiger partial charge in [0.2, 0.25) is 0 Å². The zero-order valence-corrected chi connectivity index (χ0v) is 26.3. The third-order valence-corrected chi connectivity index (χ3v) is 9.74. The van der Waals surface area contributed by atoms with Gasteiger partial charge in [0, 0.05) is 32.8 Å². The van der Waals surface area contributed by atoms with Crippen LogP contribution in [0.15, 0.2) is 24.8 Å². The molecule has 0 saturated heterocycles. The lowest BCUT2D eigenvalue weighted by atomic mass is 9.69. The van der Waals surface area contributed by atoms with Crippen LogP contribution in [0.3, 0.4) is 0 Å². The summed E-state index contributed by atoms with van der Waals surface area (Å²) in [6, 6.07) is 0. The van der Waals surface area contributed by atoms with Gasteiger partial charge in [-0.1, -0.05) is 57.8 Å². The van der Waals surface area contributed by atoms with Crippen LogP contribution in [0.4, 0.5) is 0 Å². The molecule has 0 radical (unpaired) electrons. The molecule has 2 aliphatic carbocycles. The average molecular weight is 532 g/mol. The second kappa shape index (κ2) is 17.9. The lowest BCUT2D eigenvalue weighted by Crippen LogP contribution is -2.46. The topological polar surface area (TPSA) is 30.0 Å². The fraction of sp³-hybridized carbons (Fsp3) is 0.882. The van der Waals surface area contributed by atoms with Gasteiger partial charge in [-0.15, -0.1) is 6.58 Å². The van der Waals surface area contributed by atoms with Crippen molar-refractivity contribution in [1.82, 2.24) is 14.7 Å². The van der Waals surface area contributed by atoms with Crippen molar-refractivity contribution in [2.75, 3.05) is 67.5 Å². The van der Waals surface area contributed by atoms with E-state index >= 15 is 0 Å². The van der Waals surface area contributed by atoms with Crippen molar-refractivity contribution in [3.63, 3.8) is 0 Å². The summed E-state index contributed by atoms with van der Waals surface area (Å²) in [5, 5.41) is 9.23. The first kappa shape index (κ1) is 33.5. The van der Waals surface area contributed by atoms with Gasteiger partial charge in [0.25, 0.3) is 0 Å². The zero-order valence-electron chi connectivity index (χ0n) is 26.3. The molecule has 0 aromatic heterocycles. The summed E-state index contributed by atoms with van der Waals surface area (Å²) in [7, 11) is 9.01. The SMILES string of the molecule is C=C[C@H](/C=C\CCC)[C@@H]1CC[C@@H](CN(CCCCCCO)C[C@@]2(C)CCCC2CN(C)C)C(CN(C)C)C1. The Bertz CT molecular complexity index is 662. The van der Waals surface area contributed by atoms with Gasteiger partial charge in [-0.25, -0.2) is 0 Å². The summed E-state index contributed by atoms with van der Waals surface area (Å²) in [6.45, 7) is 15.6. The van der Waals surface area contributed by atoms with Crippen LogP contribution in [-0.4, -0.2) is 87.3 Å². The van der Waals surface area contributed by atoms with Gasteiger partial charge in [0.15, 0.2) is 0 Å². The quantitative estimate of drug-likeness (QED) is 0.144. The van der Waals surface area contributed by atoms with E-state index in [4.69, 9.17) is 0 Å². The first-order valence-corrected chi connectivity index (χ1v) is 16.1. The predicted molar refractivity (Wildman–Crippen MR) is 167 cm³/mol. The minimum Gasteiger partial charge on any atom is -0.396 e. The Morgan fingerprint density at radius 2 is 1.68 bits per heavy atom. The minimum atomic E-state index is 0.336. The molecule has 2 unspecified atom stereocenters. The summed E-state index contributed by atoms with van der Waals surface area (Å²) in [5.74, 6) is 3.63. The highest BCUT2D eigenvalue weighted by molar-refractivity contribution is 5.02. The van der Waals surface area contributed by atoms with Crippen LogP contribution >= 0.6 is 0 Å². The van der Waals surface area contributed by atoms with Gasteiger partial charge < -0.3 is 19.8 Å². The molecule has 2 saturated carbocycles. The molecule has 6 atom stereocenters. The number of nitrogens with zero attached hydrogens (tertiary/aromatic N) is 3. The maximum atomic E-state index is 9.23. The Morgan fingerprint density at radius 3 is 2.34 bits per heavy atom. The Kier molecular flexibility index (Phi) is 15.8. The molecule has 38 heavy (non-hydrogen) atoms. The summed E-state index contributed by atoms with van der Waals surface area (Å²) in [5.41, 5.74) is 0.432. The maximum Gasteiger partial charge on any atom is 0.0431 e. The molecular weight excluding hydrogens is 466 g/mol. The van der Waals surface area contributed by atoms with Crippen LogP contribution < -0.4 is 0 Å². The van der Waals surface area contributed by atoms with E-state index in [0.29, 0.717) is 17.9 Å². The summed E-state index contributed by atoms with van der Waals surface area (Å²) >= 11 is 0. The molecular formula is C34H65N3O. The highest BCUT2D eigenvalue weighted by Crippen LogP contribution is 2.45. The Balaban J connectivity index is 2.13. The molecule has 0 heterocycles. The highest BCUT2D eigenvalue weighted by atomic mass is 16.2. The first-order valence-electron chi connectivity index (χ1n) is 16.1. The molecule has 0 amide bonds. The largest absolute Gasteiger partial charge is 0.396 e. The smallest absolute Gasteiger partial charge is 0.0431 e. The first-order chi connectivity index (χ1) is 18.2. The van der Waals surface area contributed by atoms with Gasteiger partial charge in [-0.2, -0.15) is 0 Å². The van der Waals surface area contributed by atoms with Crippen molar-refractivity contribution in [2.45, 2.75) is 90.9 Å². The van der Waals surface area contributed by atoms with E-state index in [1.54, 1.807) is 0 Å². The standard InChI is InChI=1S/C34H65N3O/c1-8-10-13-17-29(9-2)30-19-20-31(32(24-30)25-35(4)5)26-37(22-14-11-12-15-23-38)28-34(3)21-16-18-33(34)27-36(6)7/h9,13,17,29-33,38H,2,8,10-12,14-16,18-28H2,1,3-7H3/b17-13-/t29-,30-,31+,32?,33?,34-/m1/s1. The number of rotatable bonds is 19. The van der Waals surface area contributed by atoms with Crippen molar-refractivity contribution in [2.24, 2.45) is 35.0 Å². The molecule has 2 fully saturated rings. The minimum absolute atomic E-state index is 0.336. The Labute approximate surface area is 237 Å². The lowest BCUT2D eigenvalue weighted by Gasteiger charge is -2.44. The van der Waals surface area contributed by atoms with Crippen molar-refractivity contribution in [3.05, 3.63) is 24.8 Å². The van der Waals surface area contributed by atoms with E-state index in [0.717, 1.165) is 36.5 Å².